The van der Waals surface area contributed by atoms with Gasteiger partial charge in [0.05, 0.1) is 25.4 Å². The third-order valence-corrected chi connectivity index (χ3v) is 6.72. The lowest BCUT2D eigenvalue weighted by molar-refractivity contribution is -0.321. The number of hydrogen-bond acceptors (Lipinski definition) is 3. The summed E-state index contributed by atoms with van der Waals surface area (Å²) in [5.41, 5.74) is 1.46. The highest BCUT2D eigenvalue weighted by atomic mass is 16.7. The van der Waals surface area contributed by atoms with Crippen molar-refractivity contribution in [2.45, 2.75) is 70.9 Å². The van der Waals surface area contributed by atoms with E-state index in [-0.39, 0.29) is 16.9 Å². The van der Waals surface area contributed by atoms with Gasteiger partial charge in [-0.25, -0.2) is 0 Å². The Morgan fingerprint density at radius 3 is 2.38 bits per heavy atom. The summed E-state index contributed by atoms with van der Waals surface area (Å²) >= 11 is 0. The van der Waals surface area contributed by atoms with Gasteiger partial charge in [0.1, 0.15) is 0 Å². The molecule has 0 aromatic heterocycles. The van der Waals surface area contributed by atoms with Gasteiger partial charge in [0.2, 0.25) is 0 Å². The predicted octanol–water partition coefficient (Wildman–Crippen LogP) is 4.35. The Balaban J connectivity index is 1.56. The van der Waals surface area contributed by atoms with Crippen molar-refractivity contribution in [2.75, 3.05) is 13.2 Å². The molecular weight excluding hydrogens is 300 g/mol. The lowest BCUT2D eigenvalue weighted by atomic mass is 9.56. The lowest BCUT2D eigenvalue weighted by Gasteiger charge is -2.60. The van der Waals surface area contributed by atoms with Crippen LogP contribution in [-0.4, -0.2) is 31.2 Å². The fraction of sp³-hybridized carbons (Fsp3) is 0.714. The van der Waals surface area contributed by atoms with Crippen LogP contribution in [0.2, 0.25) is 0 Å². The standard InChI is InChI=1S/C21H30O3/c1-19(2)18-20(3,11-12-21(19)22-13-14-23-21)10-9-17(24-18)15-16-7-5-4-6-8-16/h4-8,17-18H,9-15H2,1-3H3/t17?,18-,20?/m0/s1. The molecule has 2 saturated heterocycles. The smallest absolute Gasteiger partial charge is 0.176 e. The van der Waals surface area contributed by atoms with Gasteiger partial charge in [-0.1, -0.05) is 51.1 Å². The summed E-state index contributed by atoms with van der Waals surface area (Å²) in [6.07, 6.45) is 5.96. The van der Waals surface area contributed by atoms with Crippen molar-refractivity contribution in [3.63, 3.8) is 0 Å². The zero-order valence-corrected chi connectivity index (χ0v) is 15.2. The second-order valence-corrected chi connectivity index (χ2v) is 8.69. The van der Waals surface area contributed by atoms with Gasteiger partial charge >= 0.3 is 0 Å². The maximum atomic E-state index is 6.74. The summed E-state index contributed by atoms with van der Waals surface area (Å²) in [5, 5.41) is 0. The highest BCUT2D eigenvalue weighted by Gasteiger charge is 2.63. The Hall–Kier alpha value is -0.900. The van der Waals surface area contributed by atoms with Gasteiger partial charge in [0, 0.05) is 11.8 Å². The zero-order chi connectivity index (χ0) is 16.8. The Labute approximate surface area is 145 Å². The summed E-state index contributed by atoms with van der Waals surface area (Å²) in [4.78, 5) is 0. The molecule has 132 valence electrons. The van der Waals surface area contributed by atoms with Crippen LogP contribution in [0.1, 0.15) is 52.0 Å². The van der Waals surface area contributed by atoms with Crippen LogP contribution in [0.25, 0.3) is 0 Å². The van der Waals surface area contributed by atoms with Gasteiger partial charge in [-0.3, -0.25) is 0 Å². The first-order chi connectivity index (χ1) is 11.5. The third-order valence-electron chi connectivity index (χ3n) is 6.72. The molecule has 2 unspecified atom stereocenters. The number of hydrogen-bond donors (Lipinski definition) is 0. The van der Waals surface area contributed by atoms with Crippen LogP contribution in [0.4, 0.5) is 0 Å². The summed E-state index contributed by atoms with van der Waals surface area (Å²) in [6.45, 7) is 8.39. The van der Waals surface area contributed by atoms with Crippen molar-refractivity contribution < 1.29 is 14.2 Å². The van der Waals surface area contributed by atoms with E-state index in [0.29, 0.717) is 19.3 Å². The van der Waals surface area contributed by atoms with Gasteiger partial charge in [-0.15, -0.1) is 0 Å². The molecule has 3 atom stereocenters. The molecule has 0 amide bonds. The number of ether oxygens (including phenoxy) is 3. The Morgan fingerprint density at radius 1 is 0.958 bits per heavy atom. The van der Waals surface area contributed by atoms with Gasteiger partial charge < -0.3 is 14.2 Å². The molecule has 3 fully saturated rings. The Kier molecular flexibility index (Phi) is 4.02. The van der Waals surface area contributed by atoms with Crippen molar-refractivity contribution in [3.8, 4) is 0 Å². The maximum absolute atomic E-state index is 6.74. The minimum absolute atomic E-state index is 0.133. The van der Waals surface area contributed by atoms with E-state index in [1.54, 1.807) is 0 Å². The first-order valence-corrected chi connectivity index (χ1v) is 9.43. The quantitative estimate of drug-likeness (QED) is 0.807. The van der Waals surface area contributed by atoms with E-state index in [4.69, 9.17) is 14.2 Å². The van der Waals surface area contributed by atoms with Gasteiger partial charge in [-0.2, -0.15) is 0 Å². The largest absolute Gasteiger partial charge is 0.373 e. The molecule has 1 aromatic rings. The lowest BCUT2D eigenvalue weighted by Crippen LogP contribution is -2.64. The molecule has 0 bridgehead atoms. The SMILES string of the molecule is CC12CCC(Cc3ccccc3)O[C@H]1C(C)(C)C1(CC2)OCCO1. The Bertz CT molecular complexity index is 576. The summed E-state index contributed by atoms with van der Waals surface area (Å²) < 4.78 is 19.0. The van der Waals surface area contributed by atoms with Crippen LogP contribution in [0.15, 0.2) is 30.3 Å². The van der Waals surface area contributed by atoms with Crippen LogP contribution in [-0.2, 0) is 20.6 Å². The highest BCUT2D eigenvalue weighted by molar-refractivity contribution is 5.16. The molecule has 24 heavy (non-hydrogen) atoms. The van der Waals surface area contributed by atoms with E-state index in [1.807, 2.05) is 0 Å². The molecule has 3 nitrogen and oxygen atoms in total. The first kappa shape index (κ1) is 16.6. The second kappa shape index (κ2) is 5.82. The summed E-state index contributed by atoms with van der Waals surface area (Å²) in [6, 6.07) is 10.7. The molecule has 0 radical (unpaired) electrons. The molecule has 1 spiro atoms. The predicted molar refractivity (Wildman–Crippen MR) is 93.8 cm³/mol. The third kappa shape index (κ3) is 2.53. The van der Waals surface area contributed by atoms with E-state index in [0.717, 1.165) is 25.7 Å². The van der Waals surface area contributed by atoms with Crippen molar-refractivity contribution in [2.24, 2.45) is 10.8 Å². The average Bonchev–Trinajstić information content (AvgIpc) is 3.05. The van der Waals surface area contributed by atoms with Gasteiger partial charge in [-0.05, 0) is 36.7 Å². The van der Waals surface area contributed by atoms with Crippen LogP contribution in [0, 0.1) is 10.8 Å². The Morgan fingerprint density at radius 2 is 1.67 bits per heavy atom. The fourth-order valence-electron chi connectivity index (χ4n) is 5.31. The van der Waals surface area contributed by atoms with Crippen LogP contribution < -0.4 is 0 Å². The average molecular weight is 330 g/mol. The maximum Gasteiger partial charge on any atom is 0.176 e. The van der Waals surface area contributed by atoms with Crippen molar-refractivity contribution in [1.82, 2.24) is 0 Å². The van der Waals surface area contributed by atoms with Gasteiger partial charge in [0.25, 0.3) is 0 Å². The molecule has 0 N–H and O–H groups in total. The number of fused-ring (bicyclic) bond motifs is 1. The van der Waals surface area contributed by atoms with E-state index < -0.39 is 5.79 Å². The van der Waals surface area contributed by atoms with Crippen molar-refractivity contribution >= 4 is 0 Å². The van der Waals surface area contributed by atoms with E-state index in [1.165, 1.54) is 12.0 Å². The van der Waals surface area contributed by atoms with E-state index in [2.05, 4.69) is 51.1 Å². The molecule has 1 saturated carbocycles. The first-order valence-electron chi connectivity index (χ1n) is 9.43. The number of benzene rings is 1. The summed E-state index contributed by atoms with van der Waals surface area (Å²) in [5.74, 6) is -0.453. The molecule has 3 heteroatoms. The molecule has 1 aliphatic carbocycles. The van der Waals surface area contributed by atoms with E-state index in [9.17, 15) is 0 Å². The molecule has 1 aromatic carbocycles. The topological polar surface area (TPSA) is 27.7 Å². The normalized spacial score (nSPS) is 37.3. The van der Waals surface area contributed by atoms with Gasteiger partial charge in [0.15, 0.2) is 5.79 Å². The van der Waals surface area contributed by atoms with E-state index >= 15 is 0 Å². The number of rotatable bonds is 2. The molecule has 4 rings (SSSR count). The second-order valence-electron chi connectivity index (χ2n) is 8.69. The molecule has 3 aliphatic rings. The van der Waals surface area contributed by atoms with Crippen LogP contribution >= 0.6 is 0 Å². The van der Waals surface area contributed by atoms with Crippen LogP contribution in [0.3, 0.4) is 0 Å². The fourth-order valence-corrected chi connectivity index (χ4v) is 5.31. The van der Waals surface area contributed by atoms with Crippen molar-refractivity contribution in [1.29, 1.82) is 0 Å². The van der Waals surface area contributed by atoms with Crippen molar-refractivity contribution in [3.05, 3.63) is 35.9 Å². The minimum atomic E-state index is -0.453. The van der Waals surface area contributed by atoms with Crippen LogP contribution in [0.5, 0.6) is 0 Å². The zero-order valence-electron chi connectivity index (χ0n) is 15.2. The molecule has 2 heterocycles. The molecule has 2 aliphatic heterocycles. The summed E-state index contributed by atoms with van der Waals surface area (Å²) in [7, 11) is 0. The minimum Gasteiger partial charge on any atom is -0.373 e. The molecular formula is C21H30O3. The highest BCUT2D eigenvalue weighted by Crippen LogP contribution is 2.59. The monoisotopic (exact) mass is 330 g/mol.